The van der Waals surface area contributed by atoms with Crippen LogP contribution in [0.5, 0.6) is 0 Å². The summed E-state index contributed by atoms with van der Waals surface area (Å²) in [4.78, 5) is 23.8. The van der Waals surface area contributed by atoms with Crippen LogP contribution < -0.4 is 10.6 Å². The monoisotopic (exact) mass is 338 g/mol. The molecule has 2 N–H and O–H groups in total. The molecule has 0 saturated heterocycles. The average Bonchev–Trinajstić information content (AvgIpc) is 2.57. The molecule has 24 heavy (non-hydrogen) atoms. The van der Waals surface area contributed by atoms with Crippen molar-refractivity contribution in [1.82, 2.24) is 10.6 Å². The molecule has 4 heteroatoms. The Kier molecular flexibility index (Phi) is 11.6. The molecule has 2 amide bonds. The molecule has 140 valence electrons. The van der Waals surface area contributed by atoms with Crippen molar-refractivity contribution in [2.75, 3.05) is 0 Å². The summed E-state index contributed by atoms with van der Waals surface area (Å²) in [6, 6.07) is 0.614. The number of carbonyl (C=O) groups excluding carboxylic acids is 2. The van der Waals surface area contributed by atoms with Gasteiger partial charge >= 0.3 is 0 Å². The summed E-state index contributed by atoms with van der Waals surface area (Å²) in [5, 5.41) is 6.33. The first-order valence-electron chi connectivity index (χ1n) is 10.2. The Morgan fingerprint density at radius 3 is 1.38 bits per heavy atom. The van der Waals surface area contributed by atoms with Crippen LogP contribution in [0.2, 0.25) is 0 Å². The van der Waals surface area contributed by atoms with E-state index in [0.29, 0.717) is 24.9 Å². The normalized spacial score (nSPS) is 20.6. The predicted molar refractivity (Wildman–Crippen MR) is 99.8 cm³/mol. The maximum atomic E-state index is 11.9. The van der Waals surface area contributed by atoms with Gasteiger partial charge in [-0.15, -0.1) is 0 Å². The van der Waals surface area contributed by atoms with Gasteiger partial charge in [-0.2, -0.15) is 0 Å². The Bertz CT molecular complexity index is 316. The average molecular weight is 339 g/mol. The lowest BCUT2D eigenvalue weighted by atomic mass is 9.91. The predicted octanol–water partition coefficient (Wildman–Crippen LogP) is 4.47. The van der Waals surface area contributed by atoms with Gasteiger partial charge < -0.3 is 10.6 Å². The molecule has 0 heterocycles. The molecule has 1 saturated carbocycles. The lowest BCUT2D eigenvalue weighted by Gasteiger charge is -2.29. The standard InChI is InChI=1S/C20H38N2O2/c1-3-5-7-9-11-19(23)21-17-13-15-18(16-14-17)22-20(24)12-10-8-6-4-2/h17-18H,3-16H2,1-2H3,(H,21,23)(H,22,24). The van der Waals surface area contributed by atoms with Gasteiger partial charge in [0.05, 0.1) is 0 Å². The first kappa shape index (κ1) is 21.0. The van der Waals surface area contributed by atoms with Gasteiger partial charge in [0, 0.05) is 24.9 Å². The van der Waals surface area contributed by atoms with Crippen LogP contribution in [0.1, 0.15) is 104 Å². The Balaban J connectivity index is 2.08. The maximum Gasteiger partial charge on any atom is 0.220 e. The second-order valence-electron chi connectivity index (χ2n) is 7.30. The number of carbonyl (C=O) groups is 2. The molecular weight excluding hydrogens is 300 g/mol. The van der Waals surface area contributed by atoms with E-state index < -0.39 is 0 Å². The fraction of sp³-hybridized carbons (Fsp3) is 0.900. The molecule has 0 radical (unpaired) electrons. The van der Waals surface area contributed by atoms with E-state index in [9.17, 15) is 9.59 Å². The summed E-state index contributed by atoms with van der Waals surface area (Å²) in [5.41, 5.74) is 0. The van der Waals surface area contributed by atoms with E-state index in [2.05, 4.69) is 24.5 Å². The molecule has 1 rings (SSSR count). The second-order valence-corrected chi connectivity index (χ2v) is 7.30. The SMILES string of the molecule is CCCCCCC(=O)NC1CCC(NC(=O)CCCCCC)CC1. The minimum absolute atomic E-state index is 0.203. The summed E-state index contributed by atoms with van der Waals surface area (Å²) < 4.78 is 0. The van der Waals surface area contributed by atoms with Crippen molar-refractivity contribution in [3.63, 3.8) is 0 Å². The van der Waals surface area contributed by atoms with E-state index in [-0.39, 0.29) is 11.8 Å². The number of unbranched alkanes of at least 4 members (excludes halogenated alkanes) is 6. The van der Waals surface area contributed by atoms with Crippen molar-refractivity contribution >= 4 is 11.8 Å². The highest BCUT2D eigenvalue weighted by Gasteiger charge is 2.23. The zero-order valence-corrected chi connectivity index (χ0v) is 15.9. The Hall–Kier alpha value is -1.06. The fourth-order valence-corrected chi connectivity index (χ4v) is 3.41. The van der Waals surface area contributed by atoms with Gasteiger partial charge in [0.15, 0.2) is 0 Å². The highest BCUT2D eigenvalue weighted by atomic mass is 16.2. The minimum Gasteiger partial charge on any atom is -0.353 e. The molecule has 0 aromatic rings. The zero-order chi connectivity index (χ0) is 17.6. The number of rotatable bonds is 12. The smallest absolute Gasteiger partial charge is 0.220 e. The molecule has 0 aliphatic heterocycles. The first-order chi connectivity index (χ1) is 11.7. The van der Waals surface area contributed by atoms with E-state index in [1.807, 2.05) is 0 Å². The molecule has 1 fully saturated rings. The Labute approximate surface area is 148 Å². The number of nitrogens with one attached hydrogen (secondary N) is 2. The van der Waals surface area contributed by atoms with Gasteiger partial charge in [-0.1, -0.05) is 52.4 Å². The third-order valence-electron chi connectivity index (χ3n) is 4.97. The third kappa shape index (κ3) is 9.94. The van der Waals surface area contributed by atoms with Crippen LogP contribution in [-0.2, 0) is 9.59 Å². The molecule has 4 nitrogen and oxygen atoms in total. The van der Waals surface area contributed by atoms with Crippen molar-refractivity contribution in [3.05, 3.63) is 0 Å². The van der Waals surface area contributed by atoms with Gasteiger partial charge in [0.1, 0.15) is 0 Å². The summed E-state index contributed by atoms with van der Waals surface area (Å²) in [5.74, 6) is 0.407. The van der Waals surface area contributed by atoms with Crippen LogP contribution in [0, 0.1) is 0 Å². The number of amides is 2. The summed E-state index contributed by atoms with van der Waals surface area (Å²) >= 11 is 0. The quantitative estimate of drug-likeness (QED) is 0.516. The summed E-state index contributed by atoms with van der Waals surface area (Å²) in [6.07, 6.45) is 14.4. The molecule has 1 aliphatic rings. The van der Waals surface area contributed by atoms with E-state index in [1.54, 1.807) is 0 Å². The molecule has 0 spiro atoms. The lowest BCUT2D eigenvalue weighted by Crippen LogP contribution is -2.43. The fourth-order valence-electron chi connectivity index (χ4n) is 3.41. The van der Waals surface area contributed by atoms with Crippen molar-refractivity contribution < 1.29 is 9.59 Å². The van der Waals surface area contributed by atoms with Gasteiger partial charge in [0.25, 0.3) is 0 Å². The second kappa shape index (κ2) is 13.3. The molecule has 0 aromatic heterocycles. The van der Waals surface area contributed by atoms with Crippen LogP contribution in [0.15, 0.2) is 0 Å². The van der Waals surface area contributed by atoms with E-state index >= 15 is 0 Å². The van der Waals surface area contributed by atoms with E-state index in [0.717, 1.165) is 51.4 Å². The summed E-state index contributed by atoms with van der Waals surface area (Å²) in [6.45, 7) is 4.37. The first-order valence-corrected chi connectivity index (χ1v) is 10.2. The highest BCUT2D eigenvalue weighted by Crippen LogP contribution is 2.19. The third-order valence-corrected chi connectivity index (χ3v) is 4.97. The molecule has 1 aliphatic carbocycles. The van der Waals surface area contributed by atoms with Crippen molar-refractivity contribution in [3.8, 4) is 0 Å². The molecule has 0 bridgehead atoms. The van der Waals surface area contributed by atoms with E-state index in [1.165, 1.54) is 25.7 Å². The molecule has 0 aromatic carbocycles. The highest BCUT2D eigenvalue weighted by molar-refractivity contribution is 5.76. The van der Waals surface area contributed by atoms with Crippen LogP contribution in [0.3, 0.4) is 0 Å². The Morgan fingerprint density at radius 1 is 0.667 bits per heavy atom. The summed E-state index contributed by atoms with van der Waals surface area (Å²) in [7, 11) is 0. The lowest BCUT2D eigenvalue weighted by molar-refractivity contribution is -0.123. The van der Waals surface area contributed by atoms with E-state index in [4.69, 9.17) is 0 Å². The van der Waals surface area contributed by atoms with Crippen molar-refractivity contribution in [2.45, 2.75) is 116 Å². The number of hydrogen-bond acceptors (Lipinski definition) is 2. The van der Waals surface area contributed by atoms with Crippen LogP contribution >= 0.6 is 0 Å². The molecular formula is C20H38N2O2. The van der Waals surface area contributed by atoms with Gasteiger partial charge in [-0.05, 0) is 38.5 Å². The minimum atomic E-state index is 0.203. The van der Waals surface area contributed by atoms with Gasteiger partial charge in [0.2, 0.25) is 11.8 Å². The van der Waals surface area contributed by atoms with Crippen LogP contribution in [0.25, 0.3) is 0 Å². The largest absolute Gasteiger partial charge is 0.353 e. The van der Waals surface area contributed by atoms with Crippen molar-refractivity contribution in [1.29, 1.82) is 0 Å². The molecule has 0 atom stereocenters. The van der Waals surface area contributed by atoms with Crippen LogP contribution in [-0.4, -0.2) is 23.9 Å². The van der Waals surface area contributed by atoms with Gasteiger partial charge in [-0.25, -0.2) is 0 Å². The molecule has 0 unspecified atom stereocenters. The topological polar surface area (TPSA) is 58.2 Å². The maximum absolute atomic E-state index is 11.9. The van der Waals surface area contributed by atoms with Crippen LogP contribution in [0.4, 0.5) is 0 Å². The Morgan fingerprint density at radius 2 is 1.04 bits per heavy atom. The van der Waals surface area contributed by atoms with Crippen molar-refractivity contribution in [2.24, 2.45) is 0 Å². The zero-order valence-electron chi connectivity index (χ0n) is 15.9. The van der Waals surface area contributed by atoms with Gasteiger partial charge in [-0.3, -0.25) is 9.59 Å². The number of hydrogen-bond donors (Lipinski definition) is 2.